The summed E-state index contributed by atoms with van der Waals surface area (Å²) in [6.45, 7) is 0. The van der Waals surface area contributed by atoms with Crippen LogP contribution >= 0.6 is 0 Å². The molecule has 9 heteroatoms. The standard InChI is InChI=1S/C19H12N8O/c1-3-20-18-16(12(1)10-2-4-28-9-10)24-19(25-18)17-13-5-14(11-6-22-23-7-11)21-8-15(13)26-27-17/h1-9H,(H,22,23)(H,26,27)(H,20,24,25). The van der Waals surface area contributed by atoms with Gasteiger partial charge in [0.2, 0.25) is 0 Å². The zero-order valence-corrected chi connectivity index (χ0v) is 14.3. The molecule has 134 valence electrons. The lowest BCUT2D eigenvalue weighted by molar-refractivity contribution is 0.568. The second-order valence-corrected chi connectivity index (χ2v) is 6.33. The number of nitrogens with zero attached hydrogens (tertiary/aromatic N) is 5. The average molecular weight is 368 g/mol. The van der Waals surface area contributed by atoms with E-state index in [4.69, 9.17) is 4.42 Å². The zero-order valence-electron chi connectivity index (χ0n) is 14.3. The van der Waals surface area contributed by atoms with E-state index in [1.807, 2.05) is 18.2 Å². The summed E-state index contributed by atoms with van der Waals surface area (Å²) >= 11 is 0. The summed E-state index contributed by atoms with van der Waals surface area (Å²) in [6, 6.07) is 5.80. The molecule has 6 heterocycles. The highest BCUT2D eigenvalue weighted by molar-refractivity contribution is 5.96. The largest absolute Gasteiger partial charge is 0.472 e. The maximum absolute atomic E-state index is 5.22. The number of hydrogen-bond donors (Lipinski definition) is 3. The van der Waals surface area contributed by atoms with Crippen LogP contribution < -0.4 is 0 Å². The van der Waals surface area contributed by atoms with Gasteiger partial charge >= 0.3 is 0 Å². The molecule has 6 rings (SSSR count). The first-order valence-electron chi connectivity index (χ1n) is 8.58. The summed E-state index contributed by atoms with van der Waals surface area (Å²) < 4.78 is 5.22. The summed E-state index contributed by atoms with van der Waals surface area (Å²) in [6.07, 6.45) is 10.4. The van der Waals surface area contributed by atoms with Crippen molar-refractivity contribution in [3.8, 4) is 33.9 Å². The Morgan fingerprint density at radius 3 is 2.89 bits per heavy atom. The van der Waals surface area contributed by atoms with Crippen molar-refractivity contribution in [3.05, 3.63) is 55.5 Å². The smallest absolute Gasteiger partial charge is 0.178 e. The number of hydrogen-bond acceptors (Lipinski definition) is 6. The summed E-state index contributed by atoms with van der Waals surface area (Å²) in [5, 5.41) is 15.2. The summed E-state index contributed by atoms with van der Waals surface area (Å²) in [5.74, 6) is 0.633. The van der Waals surface area contributed by atoms with E-state index in [1.165, 1.54) is 0 Å². The predicted molar refractivity (Wildman–Crippen MR) is 102 cm³/mol. The number of H-pyrrole nitrogens is 3. The van der Waals surface area contributed by atoms with Crippen LogP contribution in [-0.4, -0.2) is 40.3 Å². The van der Waals surface area contributed by atoms with Gasteiger partial charge in [-0.2, -0.15) is 10.2 Å². The Morgan fingerprint density at radius 1 is 1.04 bits per heavy atom. The molecular weight excluding hydrogens is 356 g/mol. The Labute approximate surface area is 156 Å². The maximum atomic E-state index is 5.22. The topological polar surface area (TPSA) is 125 Å². The molecule has 0 aromatic carbocycles. The Balaban J connectivity index is 1.55. The van der Waals surface area contributed by atoms with E-state index in [2.05, 4.69) is 40.3 Å². The third kappa shape index (κ3) is 2.16. The predicted octanol–water partition coefficient (Wildman–Crippen LogP) is 3.55. The summed E-state index contributed by atoms with van der Waals surface area (Å²) in [7, 11) is 0. The van der Waals surface area contributed by atoms with Crippen LogP contribution in [0.3, 0.4) is 0 Å². The number of pyridine rings is 2. The maximum Gasteiger partial charge on any atom is 0.178 e. The van der Waals surface area contributed by atoms with Crippen LogP contribution in [0.5, 0.6) is 0 Å². The number of imidazole rings is 1. The van der Waals surface area contributed by atoms with Gasteiger partial charge in [0.25, 0.3) is 0 Å². The van der Waals surface area contributed by atoms with Gasteiger partial charge in [-0.3, -0.25) is 15.2 Å². The highest BCUT2D eigenvalue weighted by atomic mass is 16.3. The summed E-state index contributed by atoms with van der Waals surface area (Å²) in [4.78, 5) is 16.9. The fourth-order valence-corrected chi connectivity index (χ4v) is 3.33. The van der Waals surface area contributed by atoms with Crippen molar-refractivity contribution in [3.63, 3.8) is 0 Å². The molecule has 0 amide bonds. The van der Waals surface area contributed by atoms with Gasteiger partial charge in [-0.25, -0.2) is 9.97 Å². The molecule has 6 aromatic heterocycles. The molecule has 28 heavy (non-hydrogen) atoms. The molecule has 0 radical (unpaired) electrons. The molecule has 0 saturated carbocycles. The molecule has 0 aliphatic carbocycles. The molecule has 6 aromatic rings. The first-order chi connectivity index (χ1) is 13.9. The van der Waals surface area contributed by atoms with E-state index in [0.717, 1.165) is 38.8 Å². The second-order valence-electron chi connectivity index (χ2n) is 6.33. The molecule has 3 N–H and O–H groups in total. The first-order valence-corrected chi connectivity index (χ1v) is 8.58. The number of nitrogens with one attached hydrogen (secondary N) is 3. The van der Waals surface area contributed by atoms with Crippen LogP contribution in [0.1, 0.15) is 0 Å². The molecule has 0 atom stereocenters. The van der Waals surface area contributed by atoms with Crippen LogP contribution in [0.4, 0.5) is 0 Å². The van der Waals surface area contributed by atoms with Crippen LogP contribution in [0.25, 0.3) is 56.0 Å². The minimum absolute atomic E-state index is 0.619. The van der Waals surface area contributed by atoms with E-state index in [-0.39, 0.29) is 0 Å². The minimum atomic E-state index is 0.619. The normalized spacial score (nSPS) is 11.6. The molecule has 0 aliphatic heterocycles. The van der Waals surface area contributed by atoms with Gasteiger partial charge in [-0.15, -0.1) is 0 Å². The lowest BCUT2D eigenvalue weighted by atomic mass is 10.1. The third-order valence-corrected chi connectivity index (χ3v) is 4.69. The molecule has 0 spiro atoms. The lowest BCUT2D eigenvalue weighted by Crippen LogP contribution is -1.84. The monoisotopic (exact) mass is 368 g/mol. The number of fused-ring (bicyclic) bond motifs is 2. The van der Waals surface area contributed by atoms with Crippen molar-refractivity contribution in [2.75, 3.05) is 0 Å². The number of aromatic nitrogens is 8. The fourth-order valence-electron chi connectivity index (χ4n) is 3.33. The van der Waals surface area contributed by atoms with Crippen LogP contribution in [0, 0.1) is 0 Å². The first kappa shape index (κ1) is 14.9. The van der Waals surface area contributed by atoms with Crippen molar-refractivity contribution in [1.29, 1.82) is 0 Å². The van der Waals surface area contributed by atoms with Gasteiger partial charge in [0, 0.05) is 34.5 Å². The van der Waals surface area contributed by atoms with Crippen molar-refractivity contribution in [2.45, 2.75) is 0 Å². The van der Waals surface area contributed by atoms with E-state index in [0.29, 0.717) is 17.2 Å². The molecule has 0 unspecified atom stereocenters. The van der Waals surface area contributed by atoms with Gasteiger partial charge in [-0.1, -0.05) is 0 Å². The summed E-state index contributed by atoms with van der Waals surface area (Å²) in [5.41, 5.74) is 6.62. The molecule has 0 fully saturated rings. The Hall–Kier alpha value is -4.27. The molecule has 0 bridgehead atoms. The van der Waals surface area contributed by atoms with Gasteiger partial charge in [0.05, 0.1) is 41.6 Å². The lowest BCUT2D eigenvalue weighted by Gasteiger charge is -1.98. The number of rotatable bonds is 3. The van der Waals surface area contributed by atoms with Crippen molar-refractivity contribution >= 4 is 22.1 Å². The van der Waals surface area contributed by atoms with Gasteiger partial charge in [-0.05, 0) is 18.2 Å². The molecule has 0 aliphatic rings. The van der Waals surface area contributed by atoms with E-state index in [9.17, 15) is 0 Å². The van der Waals surface area contributed by atoms with Crippen molar-refractivity contribution in [1.82, 2.24) is 40.3 Å². The van der Waals surface area contributed by atoms with Crippen LogP contribution in [0.2, 0.25) is 0 Å². The van der Waals surface area contributed by atoms with Crippen molar-refractivity contribution < 1.29 is 4.42 Å². The highest BCUT2D eigenvalue weighted by Crippen LogP contribution is 2.31. The van der Waals surface area contributed by atoms with Gasteiger partial charge in [0.15, 0.2) is 11.5 Å². The average Bonchev–Trinajstić information content (AvgIpc) is 3.53. The molecular formula is C19H12N8O. The Kier molecular flexibility index (Phi) is 2.98. The number of aromatic amines is 3. The highest BCUT2D eigenvalue weighted by Gasteiger charge is 2.17. The SMILES string of the molecule is c1cc(-c2ccoc2)c2[nH]c(-c3n[nH]c4cnc(-c5cn[nH]c5)cc34)nc2n1. The van der Waals surface area contributed by atoms with Crippen LogP contribution in [0.15, 0.2) is 59.9 Å². The Morgan fingerprint density at radius 2 is 2.04 bits per heavy atom. The minimum Gasteiger partial charge on any atom is -0.472 e. The second kappa shape index (κ2) is 5.61. The van der Waals surface area contributed by atoms with Gasteiger partial charge in [0.1, 0.15) is 5.69 Å². The fraction of sp³-hybridized carbons (Fsp3) is 0. The van der Waals surface area contributed by atoms with E-state index >= 15 is 0 Å². The zero-order chi connectivity index (χ0) is 18.5. The quantitative estimate of drug-likeness (QED) is 0.439. The third-order valence-electron chi connectivity index (χ3n) is 4.69. The van der Waals surface area contributed by atoms with Gasteiger partial charge < -0.3 is 9.40 Å². The molecule has 9 nitrogen and oxygen atoms in total. The van der Waals surface area contributed by atoms with Crippen LogP contribution in [-0.2, 0) is 0 Å². The number of furan rings is 1. The van der Waals surface area contributed by atoms with E-state index < -0.39 is 0 Å². The van der Waals surface area contributed by atoms with E-state index in [1.54, 1.807) is 37.3 Å². The van der Waals surface area contributed by atoms with Crippen molar-refractivity contribution in [2.24, 2.45) is 0 Å². The molecule has 0 saturated heterocycles. The Bertz CT molecular complexity index is 1410.